The third-order valence-corrected chi connectivity index (χ3v) is 7.04. The maximum absolute atomic E-state index is 13.4. The average Bonchev–Trinajstić information content (AvgIpc) is 3.18. The molecule has 3 aliphatic rings. The van der Waals surface area contributed by atoms with Gasteiger partial charge in [-0.1, -0.05) is 25.7 Å². The lowest BCUT2D eigenvalue weighted by atomic mass is 9.89. The van der Waals surface area contributed by atoms with Crippen LogP contribution in [0.4, 0.5) is 0 Å². The van der Waals surface area contributed by atoms with Gasteiger partial charge in [0.1, 0.15) is 0 Å². The summed E-state index contributed by atoms with van der Waals surface area (Å²) in [5.74, 6) is 0.649. The van der Waals surface area contributed by atoms with Crippen molar-refractivity contribution in [1.82, 2.24) is 19.0 Å². The number of aromatic nitrogens is 3. The fraction of sp³-hybridized carbons (Fsp3) is 0.714. The minimum atomic E-state index is 0.171. The SMILES string of the molecule is O=c1n(CC2CCCCC2)c2cccnc2n1[C@@H]1CCN(C2CCC2)C1. The molecule has 5 nitrogen and oxygen atoms in total. The van der Waals surface area contributed by atoms with Gasteiger partial charge in [-0.2, -0.15) is 0 Å². The Balaban J connectivity index is 1.47. The molecule has 3 fully saturated rings. The highest BCUT2D eigenvalue weighted by atomic mass is 16.1. The van der Waals surface area contributed by atoms with E-state index in [-0.39, 0.29) is 11.7 Å². The smallest absolute Gasteiger partial charge is 0.298 e. The maximum atomic E-state index is 13.4. The first-order valence-corrected chi connectivity index (χ1v) is 10.6. The molecular formula is C21H30N4O. The van der Waals surface area contributed by atoms with Crippen LogP contribution in [0, 0.1) is 5.92 Å². The highest BCUT2D eigenvalue weighted by molar-refractivity contribution is 5.71. The molecule has 1 aliphatic heterocycles. The van der Waals surface area contributed by atoms with E-state index in [1.54, 1.807) is 0 Å². The summed E-state index contributed by atoms with van der Waals surface area (Å²) in [7, 11) is 0. The molecule has 1 saturated heterocycles. The number of hydrogen-bond donors (Lipinski definition) is 0. The zero-order valence-electron chi connectivity index (χ0n) is 15.6. The van der Waals surface area contributed by atoms with Gasteiger partial charge in [-0.25, -0.2) is 9.78 Å². The van der Waals surface area contributed by atoms with Gasteiger partial charge in [0.05, 0.1) is 11.6 Å². The van der Waals surface area contributed by atoms with Gasteiger partial charge in [-0.05, 0) is 50.2 Å². The van der Waals surface area contributed by atoms with Crippen LogP contribution in [0.1, 0.15) is 63.8 Å². The van der Waals surface area contributed by atoms with Crippen molar-refractivity contribution >= 4 is 11.2 Å². The Kier molecular flexibility index (Phi) is 4.35. The van der Waals surface area contributed by atoms with Crippen molar-refractivity contribution in [2.75, 3.05) is 13.1 Å². The Hall–Kier alpha value is -1.62. The van der Waals surface area contributed by atoms with E-state index >= 15 is 0 Å². The molecule has 0 aromatic carbocycles. The van der Waals surface area contributed by atoms with Gasteiger partial charge in [0.2, 0.25) is 0 Å². The quantitative estimate of drug-likeness (QED) is 0.843. The van der Waals surface area contributed by atoms with Crippen LogP contribution in [0.3, 0.4) is 0 Å². The summed E-state index contributed by atoms with van der Waals surface area (Å²) in [6.07, 6.45) is 13.5. The van der Waals surface area contributed by atoms with E-state index in [2.05, 4.69) is 16.0 Å². The zero-order chi connectivity index (χ0) is 17.5. The number of imidazole rings is 1. The predicted molar refractivity (Wildman–Crippen MR) is 103 cm³/mol. The van der Waals surface area contributed by atoms with E-state index in [1.807, 2.05) is 21.4 Å². The lowest BCUT2D eigenvalue weighted by Crippen LogP contribution is -2.39. The molecule has 2 aromatic heterocycles. The van der Waals surface area contributed by atoms with Gasteiger partial charge in [-0.3, -0.25) is 14.0 Å². The monoisotopic (exact) mass is 354 g/mol. The molecule has 1 atom stereocenters. The third-order valence-electron chi connectivity index (χ3n) is 7.04. The summed E-state index contributed by atoms with van der Waals surface area (Å²) < 4.78 is 4.06. The molecule has 0 amide bonds. The molecule has 140 valence electrons. The second-order valence-electron chi connectivity index (χ2n) is 8.64. The van der Waals surface area contributed by atoms with Gasteiger partial charge in [0, 0.05) is 31.9 Å². The topological polar surface area (TPSA) is 43.1 Å². The molecule has 0 unspecified atom stereocenters. The highest BCUT2D eigenvalue weighted by Gasteiger charge is 2.34. The van der Waals surface area contributed by atoms with Gasteiger partial charge < -0.3 is 0 Å². The average molecular weight is 354 g/mol. The number of hydrogen-bond acceptors (Lipinski definition) is 3. The Morgan fingerprint density at radius 1 is 1.00 bits per heavy atom. The van der Waals surface area contributed by atoms with E-state index in [9.17, 15) is 4.79 Å². The normalized spacial score (nSPS) is 25.8. The second kappa shape index (κ2) is 6.84. The van der Waals surface area contributed by atoms with Crippen molar-refractivity contribution in [3.8, 4) is 0 Å². The minimum absolute atomic E-state index is 0.171. The van der Waals surface area contributed by atoms with Crippen LogP contribution in [0.5, 0.6) is 0 Å². The van der Waals surface area contributed by atoms with E-state index in [1.165, 1.54) is 51.4 Å². The Labute approximate surface area is 155 Å². The first-order valence-electron chi connectivity index (χ1n) is 10.6. The summed E-state index contributed by atoms with van der Waals surface area (Å²) in [5, 5.41) is 0. The van der Waals surface area contributed by atoms with Crippen molar-refractivity contribution in [3.05, 3.63) is 28.8 Å². The molecule has 26 heavy (non-hydrogen) atoms. The molecular weight excluding hydrogens is 324 g/mol. The first-order chi connectivity index (χ1) is 12.8. The van der Waals surface area contributed by atoms with E-state index < -0.39 is 0 Å². The van der Waals surface area contributed by atoms with Gasteiger partial charge in [0.15, 0.2) is 5.65 Å². The van der Waals surface area contributed by atoms with E-state index in [0.29, 0.717) is 5.92 Å². The predicted octanol–water partition coefficient (Wildman–Crippen LogP) is 3.58. The molecule has 2 aromatic rings. The maximum Gasteiger partial charge on any atom is 0.330 e. The summed E-state index contributed by atoms with van der Waals surface area (Å²) >= 11 is 0. The molecule has 3 heterocycles. The number of pyridine rings is 1. The van der Waals surface area contributed by atoms with Crippen molar-refractivity contribution in [1.29, 1.82) is 0 Å². The molecule has 0 spiro atoms. The Morgan fingerprint density at radius 2 is 1.85 bits per heavy atom. The van der Waals surface area contributed by atoms with Crippen LogP contribution >= 0.6 is 0 Å². The Bertz CT molecular complexity index is 828. The Morgan fingerprint density at radius 3 is 2.62 bits per heavy atom. The van der Waals surface area contributed by atoms with Crippen LogP contribution in [0.2, 0.25) is 0 Å². The van der Waals surface area contributed by atoms with Crippen molar-refractivity contribution in [2.24, 2.45) is 5.92 Å². The van der Waals surface area contributed by atoms with Crippen molar-refractivity contribution < 1.29 is 0 Å². The van der Waals surface area contributed by atoms with Gasteiger partial charge >= 0.3 is 5.69 Å². The fourth-order valence-electron chi connectivity index (χ4n) is 5.30. The number of rotatable bonds is 4. The lowest BCUT2D eigenvalue weighted by molar-refractivity contribution is 0.154. The first kappa shape index (κ1) is 16.5. The molecule has 2 aliphatic carbocycles. The number of fused-ring (bicyclic) bond motifs is 1. The van der Waals surface area contributed by atoms with Crippen LogP contribution in [-0.4, -0.2) is 38.1 Å². The molecule has 5 heteroatoms. The molecule has 0 N–H and O–H groups in total. The van der Waals surface area contributed by atoms with E-state index in [4.69, 9.17) is 0 Å². The van der Waals surface area contributed by atoms with E-state index in [0.717, 1.165) is 43.3 Å². The number of likely N-dealkylation sites (tertiary alicyclic amines) is 1. The standard InChI is InChI=1S/C21H30N4O/c26-21-24(14-16-6-2-1-3-7-16)19-10-5-12-22-20(19)25(21)18-11-13-23(15-18)17-8-4-9-17/h5,10,12,16-18H,1-4,6-9,11,13-15H2/t18-/m1/s1. The largest absolute Gasteiger partial charge is 0.330 e. The molecule has 0 bridgehead atoms. The summed E-state index contributed by atoms with van der Waals surface area (Å²) in [6.45, 7) is 3.01. The summed E-state index contributed by atoms with van der Waals surface area (Å²) in [5.41, 5.74) is 2.10. The van der Waals surface area contributed by atoms with Crippen molar-refractivity contribution in [3.63, 3.8) is 0 Å². The molecule has 2 saturated carbocycles. The van der Waals surface area contributed by atoms with Crippen LogP contribution in [0.25, 0.3) is 11.2 Å². The molecule has 0 radical (unpaired) electrons. The summed E-state index contributed by atoms with van der Waals surface area (Å²) in [6, 6.07) is 5.10. The number of nitrogens with zero attached hydrogens (tertiary/aromatic N) is 4. The van der Waals surface area contributed by atoms with Crippen molar-refractivity contribution in [2.45, 2.75) is 76.4 Å². The van der Waals surface area contributed by atoms with Crippen LogP contribution in [0.15, 0.2) is 23.1 Å². The minimum Gasteiger partial charge on any atom is -0.298 e. The summed E-state index contributed by atoms with van der Waals surface area (Å²) in [4.78, 5) is 20.6. The van der Waals surface area contributed by atoms with Crippen LogP contribution < -0.4 is 5.69 Å². The van der Waals surface area contributed by atoms with Gasteiger partial charge in [0.25, 0.3) is 0 Å². The second-order valence-corrected chi connectivity index (χ2v) is 8.64. The van der Waals surface area contributed by atoms with Crippen LogP contribution in [-0.2, 0) is 6.54 Å². The zero-order valence-corrected chi connectivity index (χ0v) is 15.6. The molecule has 5 rings (SSSR count). The lowest BCUT2D eigenvalue weighted by Gasteiger charge is -2.34. The van der Waals surface area contributed by atoms with Gasteiger partial charge in [-0.15, -0.1) is 0 Å². The third kappa shape index (κ3) is 2.81. The highest BCUT2D eigenvalue weighted by Crippen LogP contribution is 2.32. The fourth-order valence-corrected chi connectivity index (χ4v) is 5.30.